The van der Waals surface area contributed by atoms with E-state index in [1.807, 2.05) is 18.2 Å². The molecule has 0 heterocycles. The molecule has 0 fully saturated rings. The normalized spacial score (nSPS) is 11.1. The van der Waals surface area contributed by atoms with Crippen LogP contribution in [0.15, 0.2) is 59.6 Å². The predicted octanol–water partition coefficient (Wildman–Crippen LogP) is 2.65. The molecule has 0 aliphatic rings. The molecule has 0 unspecified atom stereocenters. The molecular weight excluding hydrogens is 286 g/mol. The standard InChI is InChI=1S/C19H25N3O/c1-20-19(21-14-12-16-6-4-3-5-7-16)22-15-13-17-8-10-18(23-2)11-9-17/h3-11H,12-15H2,1-2H3,(H2,20,21,22). The Morgan fingerprint density at radius 3 is 1.96 bits per heavy atom. The molecule has 0 bridgehead atoms. The van der Waals surface area contributed by atoms with E-state index in [1.54, 1.807) is 14.2 Å². The molecule has 2 rings (SSSR count). The first-order chi connectivity index (χ1) is 11.3. The van der Waals surface area contributed by atoms with E-state index in [-0.39, 0.29) is 0 Å². The second-order valence-corrected chi connectivity index (χ2v) is 5.26. The summed E-state index contributed by atoms with van der Waals surface area (Å²) in [5.74, 6) is 1.73. The van der Waals surface area contributed by atoms with Gasteiger partial charge in [0.1, 0.15) is 5.75 Å². The molecule has 0 aliphatic heterocycles. The monoisotopic (exact) mass is 311 g/mol. The second kappa shape index (κ2) is 9.51. The Bertz CT molecular complexity index is 594. The maximum absolute atomic E-state index is 5.17. The molecule has 4 nitrogen and oxygen atoms in total. The summed E-state index contributed by atoms with van der Waals surface area (Å²) < 4.78 is 5.17. The Labute approximate surface area is 138 Å². The van der Waals surface area contributed by atoms with Gasteiger partial charge in [0, 0.05) is 20.1 Å². The number of nitrogens with zero attached hydrogens (tertiary/aromatic N) is 1. The lowest BCUT2D eigenvalue weighted by Gasteiger charge is -2.12. The van der Waals surface area contributed by atoms with Crippen molar-refractivity contribution in [3.8, 4) is 5.75 Å². The van der Waals surface area contributed by atoms with Gasteiger partial charge in [0.2, 0.25) is 0 Å². The first kappa shape index (κ1) is 16.9. The van der Waals surface area contributed by atoms with Gasteiger partial charge in [-0.3, -0.25) is 4.99 Å². The molecule has 0 aromatic heterocycles. The summed E-state index contributed by atoms with van der Waals surface area (Å²) in [6.07, 6.45) is 1.93. The molecular formula is C19H25N3O. The van der Waals surface area contributed by atoms with Crippen LogP contribution in [0.1, 0.15) is 11.1 Å². The number of nitrogens with one attached hydrogen (secondary N) is 2. The Balaban J connectivity index is 1.68. The SMILES string of the molecule is CN=C(NCCc1ccccc1)NCCc1ccc(OC)cc1. The minimum atomic E-state index is 0.842. The van der Waals surface area contributed by atoms with Crippen molar-refractivity contribution in [1.82, 2.24) is 10.6 Å². The zero-order valence-electron chi connectivity index (χ0n) is 13.9. The first-order valence-electron chi connectivity index (χ1n) is 7.93. The molecule has 2 N–H and O–H groups in total. The van der Waals surface area contributed by atoms with Gasteiger partial charge in [-0.2, -0.15) is 0 Å². The Hall–Kier alpha value is -2.49. The maximum atomic E-state index is 5.17. The van der Waals surface area contributed by atoms with Crippen molar-refractivity contribution in [1.29, 1.82) is 0 Å². The fourth-order valence-electron chi connectivity index (χ4n) is 2.31. The van der Waals surface area contributed by atoms with Crippen molar-refractivity contribution >= 4 is 5.96 Å². The number of methoxy groups -OCH3 is 1. The first-order valence-corrected chi connectivity index (χ1v) is 7.93. The lowest BCUT2D eigenvalue weighted by atomic mass is 10.1. The van der Waals surface area contributed by atoms with E-state index in [4.69, 9.17) is 4.74 Å². The van der Waals surface area contributed by atoms with E-state index in [9.17, 15) is 0 Å². The number of benzene rings is 2. The average Bonchev–Trinajstić information content (AvgIpc) is 2.62. The lowest BCUT2D eigenvalue weighted by molar-refractivity contribution is 0.414. The van der Waals surface area contributed by atoms with Gasteiger partial charge in [-0.15, -0.1) is 0 Å². The van der Waals surface area contributed by atoms with Crippen molar-refractivity contribution < 1.29 is 4.74 Å². The number of guanidine groups is 1. The largest absolute Gasteiger partial charge is 0.497 e. The van der Waals surface area contributed by atoms with Crippen molar-refractivity contribution in [3.63, 3.8) is 0 Å². The molecule has 0 radical (unpaired) electrons. The molecule has 2 aromatic carbocycles. The smallest absolute Gasteiger partial charge is 0.190 e. The fraction of sp³-hybridized carbons (Fsp3) is 0.316. The molecule has 23 heavy (non-hydrogen) atoms. The summed E-state index contributed by atoms with van der Waals surface area (Å²) in [5.41, 5.74) is 2.60. The minimum Gasteiger partial charge on any atom is -0.497 e. The van der Waals surface area contributed by atoms with E-state index in [0.717, 1.165) is 37.6 Å². The van der Waals surface area contributed by atoms with E-state index in [2.05, 4.69) is 52.0 Å². The summed E-state index contributed by atoms with van der Waals surface area (Å²) >= 11 is 0. The number of hydrogen-bond acceptors (Lipinski definition) is 2. The molecule has 0 amide bonds. The van der Waals surface area contributed by atoms with Crippen LogP contribution in [0.4, 0.5) is 0 Å². The highest BCUT2D eigenvalue weighted by molar-refractivity contribution is 5.79. The quantitative estimate of drug-likeness (QED) is 0.610. The van der Waals surface area contributed by atoms with Gasteiger partial charge in [-0.1, -0.05) is 42.5 Å². The van der Waals surface area contributed by atoms with Crippen LogP contribution in [-0.2, 0) is 12.8 Å². The minimum absolute atomic E-state index is 0.842. The fourth-order valence-corrected chi connectivity index (χ4v) is 2.31. The van der Waals surface area contributed by atoms with Crippen LogP contribution in [0, 0.1) is 0 Å². The van der Waals surface area contributed by atoms with E-state index in [0.29, 0.717) is 0 Å². The second-order valence-electron chi connectivity index (χ2n) is 5.26. The van der Waals surface area contributed by atoms with Gasteiger partial charge in [0.05, 0.1) is 7.11 Å². The van der Waals surface area contributed by atoms with Gasteiger partial charge in [0.15, 0.2) is 5.96 Å². The van der Waals surface area contributed by atoms with Crippen LogP contribution >= 0.6 is 0 Å². The Kier molecular flexibility index (Phi) is 6.98. The third-order valence-corrected chi connectivity index (χ3v) is 3.64. The molecule has 0 saturated carbocycles. The van der Waals surface area contributed by atoms with Crippen LogP contribution in [0.2, 0.25) is 0 Å². The summed E-state index contributed by atoms with van der Waals surface area (Å²) in [5, 5.41) is 6.68. The third-order valence-electron chi connectivity index (χ3n) is 3.64. The van der Waals surface area contributed by atoms with Crippen LogP contribution < -0.4 is 15.4 Å². The van der Waals surface area contributed by atoms with Crippen LogP contribution in [0.3, 0.4) is 0 Å². The van der Waals surface area contributed by atoms with E-state index < -0.39 is 0 Å². The van der Waals surface area contributed by atoms with Crippen molar-refractivity contribution in [2.45, 2.75) is 12.8 Å². The Morgan fingerprint density at radius 2 is 1.43 bits per heavy atom. The summed E-state index contributed by atoms with van der Waals surface area (Å²) in [4.78, 5) is 4.25. The van der Waals surface area contributed by atoms with Gasteiger partial charge in [-0.25, -0.2) is 0 Å². The number of ether oxygens (including phenoxy) is 1. The van der Waals surface area contributed by atoms with Crippen molar-refractivity contribution in [2.24, 2.45) is 4.99 Å². The highest BCUT2D eigenvalue weighted by atomic mass is 16.5. The highest BCUT2D eigenvalue weighted by Crippen LogP contribution is 2.11. The number of rotatable bonds is 7. The summed E-state index contributed by atoms with van der Waals surface area (Å²) in [7, 11) is 3.48. The van der Waals surface area contributed by atoms with Gasteiger partial charge < -0.3 is 15.4 Å². The van der Waals surface area contributed by atoms with Crippen molar-refractivity contribution in [3.05, 3.63) is 65.7 Å². The average molecular weight is 311 g/mol. The van der Waals surface area contributed by atoms with Gasteiger partial charge in [-0.05, 0) is 36.1 Å². The molecule has 0 spiro atoms. The molecule has 0 saturated heterocycles. The lowest BCUT2D eigenvalue weighted by Crippen LogP contribution is -2.39. The summed E-state index contributed by atoms with van der Waals surface area (Å²) in [6.45, 7) is 1.71. The Morgan fingerprint density at radius 1 is 0.870 bits per heavy atom. The topological polar surface area (TPSA) is 45.7 Å². The maximum Gasteiger partial charge on any atom is 0.190 e. The van der Waals surface area contributed by atoms with E-state index in [1.165, 1.54) is 11.1 Å². The van der Waals surface area contributed by atoms with Crippen molar-refractivity contribution in [2.75, 3.05) is 27.2 Å². The molecule has 4 heteroatoms. The van der Waals surface area contributed by atoms with Crippen LogP contribution in [0.5, 0.6) is 5.75 Å². The summed E-state index contributed by atoms with van der Waals surface area (Å²) in [6, 6.07) is 18.6. The zero-order valence-corrected chi connectivity index (χ0v) is 13.9. The molecule has 2 aromatic rings. The molecule has 0 aliphatic carbocycles. The van der Waals surface area contributed by atoms with Crippen LogP contribution in [0.25, 0.3) is 0 Å². The molecule has 122 valence electrons. The third kappa shape index (κ3) is 6.02. The van der Waals surface area contributed by atoms with E-state index >= 15 is 0 Å². The zero-order chi connectivity index (χ0) is 16.3. The highest BCUT2D eigenvalue weighted by Gasteiger charge is 1.99. The van der Waals surface area contributed by atoms with Gasteiger partial charge >= 0.3 is 0 Å². The van der Waals surface area contributed by atoms with Gasteiger partial charge in [0.25, 0.3) is 0 Å². The van der Waals surface area contributed by atoms with Crippen LogP contribution in [-0.4, -0.2) is 33.2 Å². The number of hydrogen-bond donors (Lipinski definition) is 2. The molecule has 0 atom stereocenters. The number of aliphatic imine (C=N–C) groups is 1. The predicted molar refractivity (Wildman–Crippen MR) is 96.2 cm³/mol.